The number of aryl methyl sites for hydroxylation is 1. The molecule has 74 valence electrons. The highest BCUT2D eigenvalue weighted by molar-refractivity contribution is 5.59. The van der Waals surface area contributed by atoms with Crippen LogP contribution in [0.15, 0.2) is 24.3 Å². The lowest BCUT2D eigenvalue weighted by Crippen LogP contribution is -2.19. The average molecular weight is 190 g/mol. The molecule has 1 aromatic carbocycles. The van der Waals surface area contributed by atoms with Gasteiger partial charge in [-0.3, -0.25) is 0 Å². The van der Waals surface area contributed by atoms with Crippen LogP contribution in [-0.2, 0) is 6.42 Å². The van der Waals surface area contributed by atoms with Gasteiger partial charge in [0.05, 0.1) is 0 Å². The zero-order valence-electron chi connectivity index (χ0n) is 8.14. The number of hydrogen-bond donors (Lipinski definition) is 2. The van der Waals surface area contributed by atoms with Crippen molar-refractivity contribution >= 4 is 6.08 Å². The predicted octanol–water partition coefficient (Wildman–Crippen LogP) is 1.67. The van der Waals surface area contributed by atoms with E-state index < -0.39 is 12.2 Å². The molecule has 0 spiro atoms. The number of rotatable bonds is 1. The van der Waals surface area contributed by atoms with Gasteiger partial charge in [0.25, 0.3) is 0 Å². The molecule has 14 heavy (non-hydrogen) atoms. The Hall–Kier alpha value is -1.12. The van der Waals surface area contributed by atoms with E-state index in [-0.39, 0.29) is 0 Å². The maximum Gasteiger partial charge on any atom is 0.109 e. The maximum absolute atomic E-state index is 9.75. The molecule has 2 heteroatoms. The highest BCUT2D eigenvalue weighted by Gasteiger charge is 2.21. The molecule has 2 atom stereocenters. The highest BCUT2D eigenvalue weighted by atomic mass is 16.3. The quantitative estimate of drug-likeness (QED) is 0.707. The number of aliphatic hydroxyl groups excluding tert-OH is 2. The van der Waals surface area contributed by atoms with E-state index in [9.17, 15) is 10.2 Å². The van der Waals surface area contributed by atoms with E-state index in [1.54, 1.807) is 6.08 Å². The molecule has 0 fully saturated rings. The van der Waals surface area contributed by atoms with Crippen LogP contribution < -0.4 is 0 Å². The Kier molecular flexibility index (Phi) is 2.40. The van der Waals surface area contributed by atoms with Gasteiger partial charge in [0.1, 0.15) is 12.2 Å². The molecule has 0 saturated heterocycles. The Morgan fingerprint density at radius 3 is 2.79 bits per heavy atom. The van der Waals surface area contributed by atoms with E-state index in [0.717, 1.165) is 17.5 Å². The third-order valence-electron chi connectivity index (χ3n) is 2.67. The summed E-state index contributed by atoms with van der Waals surface area (Å²) in [7, 11) is 0. The minimum Gasteiger partial charge on any atom is -0.386 e. The van der Waals surface area contributed by atoms with Gasteiger partial charge in [0, 0.05) is 0 Å². The minimum absolute atomic E-state index is 0.769. The summed E-state index contributed by atoms with van der Waals surface area (Å²) in [5.74, 6) is 0. The highest BCUT2D eigenvalue weighted by Crippen LogP contribution is 2.28. The smallest absolute Gasteiger partial charge is 0.109 e. The summed E-state index contributed by atoms with van der Waals surface area (Å²) in [5.41, 5.74) is 3.02. The van der Waals surface area contributed by atoms with Gasteiger partial charge >= 0.3 is 0 Å². The summed E-state index contributed by atoms with van der Waals surface area (Å²) in [4.78, 5) is 0. The average Bonchev–Trinajstić information content (AvgIpc) is 2.23. The van der Waals surface area contributed by atoms with Crippen LogP contribution in [0.5, 0.6) is 0 Å². The van der Waals surface area contributed by atoms with Crippen LogP contribution in [-0.4, -0.2) is 16.3 Å². The van der Waals surface area contributed by atoms with Gasteiger partial charge < -0.3 is 10.2 Å². The van der Waals surface area contributed by atoms with Crippen LogP contribution >= 0.6 is 0 Å². The topological polar surface area (TPSA) is 40.5 Å². The number of hydrogen-bond acceptors (Lipinski definition) is 2. The van der Waals surface area contributed by atoms with Crippen LogP contribution in [0.4, 0.5) is 0 Å². The van der Waals surface area contributed by atoms with Gasteiger partial charge in [0.2, 0.25) is 0 Å². The molecule has 0 unspecified atom stereocenters. The number of benzene rings is 1. The van der Waals surface area contributed by atoms with Crippen molar-refractivity contribution in [3.8, 4) is 0 Å². The lowest BCUT2D eigenvalue weighted by Gasteiger charge is -2.22. The molecular formula is C12H14O2. The van der Waals surface area contributed by atoms with Gasteiger partial charge in [-0.25, -0.2) is 0 Å². The Morgan fingerprint density at radius 2 is 2.07 bits per heavy atom. The Morgan fingerprint density at radius 1 is 1.29 bits per heavy atom. The molecule has 0 amide bonds. The van der Waals surface area contributed by atoms with Crippen molar-refractivity contribution in [3.05, 3.63) is 41.0 Å². The van der Waals surface area contributed by atoms with Crippen molar-refractivity contribution in [1.29, 1.82) is 0 Å². The monoisotopic (exact) mass is 190 g/mol. The molecule has 2 rings (SSSR count). The summed E-state index contributed by atoms with van der Waals surface area (Å²) in [6.45, 7) is 2.07. The molecule has 0 radical (unpaired) electrons. The SMILES string of the molecule is CCc1ccc2c(c1)[C@@H](O)[C@@H](O)C=C2. The van der Waals surface area contributed by atoms with Gasteiger partial charge in [0.15, 0.2) is 0 Å². The van der Waals surface area contributed by atoms with Crippen LogP contribution in [0.2, 0.25) is 0 Å². The first kappa shape index (κ1) is 9.44. The lowest BCUT2D eigenvalue weighted by molar-refractivity contribution is 0.0469. The van der Waals surface area contributed by atoms with E-state index in [4.69, 9.17) is 0 Å². The standard InChI is InChI=1S/C12H14O2/c1-2-8-3-4-9-5-6-11(13)12(14)10(9)7-8/h3-7,11-14H,2H2,1H3/t11-,12+/m0/s1. The van der Waals surface area contributed by atoms with Crippen molar-refractivity contribution in [2.24, 2.45) is 0 Å². The van der Waals surface area contributed by atoms with Gasteiger partial charge in [-0.2, -0.15) is 0 Å². The molecule has 0 aromatic heterocycles. The molecule has 0 bridgehead atoms. The first-order valence-electron chi connectivity index (χ1n) is 4.89. The molecule has 2 N–H and O–H groups in total. The molecule has 1 aliphatic rings. The van der Waals surface area contributed by atoms with Crippen LogP contribution in [0.3, 0.4) is 0 Å². The van der Waals surface area contributed by atoms with Crippen molar-refractivity contribution in [3.63, 3.8) is 0 Å². The zero-order chi connectivity index (χ0) is 10.1. The second-order valence-electron chi connectivity index (χ2n) is 3.61. The third kappa shape index (κ3) is 1.47. The van der Waals surface area contributed by atoms with Crippen LogP contribution in [0.25, 0.3) is 6.08 Å². The Balaban J connectivity index is 2.48. The molecule has 0 aliphatic heterocycles. The summed E-state index contributed by atoms with van der Waals surface area (Å²) >= 11 is 0. The van der Waals surface area contributed by atoms with E-state index >= 15 is 0 Å². The Labute approximate surface area is 83.5 Å². The normalized spacial score (nSPS) is 24.8. The molecule has 0 saturated carbocycles. The summed E-state index contributed by atoms with van der Waals surface area (Å²) in [5, 5.41) is 19.2. The van der Waals surface area contributed by atoms with E-state index in [1.807, 2.05) is 24.3 Å². The van der Waals surface area contributed by atoms with Crippen molar-refractivity contribution in [2.75, 3.05) is 0 Å². The summed E-state index contributed by atoms with van der Waals surface area (Å²) in [6, 6.07) is 6.00. The second-order valence-corrected chi connectivity index (χ2v) is 3.61. The van der Waals surface area contributed by atoms with Crippen LogP contribution in [0, 0.1) is 0 Å². The van der Waals surface area contributed by atoms with Crippen molar-refractivity contribution in [1.82, 2.24) is 0 Å². The van der Waals surface area contributed by atoms with Gasteiger partial charge in [-0.1, -0.05) is 37.3 Å². The largest absolute Gasteiger partial charge is 0.386 e. The molecule has 0 heterocycles. The summed E-state index contributed by atoms with van der Waals surface area (Å²) in [6.07, 6.45) is 2.88. The molecule has 2 nitrogen and oxygen atoms in total. The van der Waals surface area contributed by atoms with Crippen molar-refractivity contribution < 1.29 is 10.2 Å². The Bertz CT molecular complexity index is 369. The number of fused-ring (bicyclic) bond motifs is 1. The van der Waals surface area contributed by atoms with Crippen molar-refractivity contribution in [2.45, 2.75) is 25.6 Å². The fourth-order valence-electron chi connectivity index (χ4n) is 1.74. The first-order chi connectivity index (χ1) is 6.72. The third-order valence-corrected chi connectivity index (χ3v) is 2.67. The van der Waals surface area contributed by atoms with E-state index in [2.05, 4.69) is 6.92 Å². The van der Waals surface area contributed by atoms with E-state index in [0.29, 0.717) is 0 Å². The number of aliphatic hydroxyl groups is 2. The fraction of sp³-hybridized carbons (Fsp3) is 0.333. The fourth-order valence-corrected chi connectivity index (χ4v) is 1.74. The molecule has 1 aliphatic carbocycles. The second kappa shape index (κ2) is 3.56. The van der Waals surface area contributed by atoms with Gasteiger partial charge in [-0.05, 0) is 23.1 Å². The summed E-state index contributed by atoms with van der Waals surface area (Å²) < 4.78 is 0. The minimum atomic E-state index is -0.776. The molecule has 1 aromatic rings. The van der Waals surface area contributed by atoms with Crippen LogP contribution in [0.1, 0.15) is 29.7 Å². The lowest BCUT2D eigenvalue weighted by atomic mass is 9.91. The first-order valence-corrected chi connectivity index (χ1v) is 4.89. The van der Waals surface area contributed by atoms with Gasteiger partial charge in [-0.15, -0.1) is 0 Å². The molecular weight excluding hydrogens is 176 g/mol. The van der Waals surface area contributed by atoms with E-state index in [1.165, 1.54) is 5.56 Å². The maximum atomic E-state index is 9.75. The zero-order valence-corrected chi connectivity index (χ0v) is 8.14. The predicted molar refractivity (Wildman–Crippen MR) is 55.8 cm³/mol.